The summed E-state index contributed by atoms with van der Waals surface area (Å²) in [6.07, 6.45) is 2.25. The van der Waals surface area contributed by atoms with E-state index in [9.17, 15) is 19.8 Å². The summed E-state index contributed by atoms with van der Waals surface area (Å²) < 4.78 is 0. The van der Waals surface area contributed by atoms with Crippen molar-refractivity contribution in [1.29, 1.82) is 0 Å². The summed E-state index contributed by atoms with van der Waals surface area (Å²) >= 11 is 0. The van der Waals surface area contributed by atoms with Crippen molar-refractivity contribution in [3.63, 3.8) is 0 Å². The molecule has 0 heterocycles. The lowest BCUT2D eigenvalue weighted by Gasteiger charge is -2.35. The molecular weight excluding hydrogens is 248 g/mol. The van der Waals surface area contributed by atoms with Crippen LogP contribution in [0, 0.1) is 5.92 Å². The van der Waals surface area contributed by atoms with Crippen molar-refractivity contribution >= 4 is 12.0 Å². The molecule has 3 N–H and O–H groups in total. The number of aliphatic hydroxyl groups is 1. The number of urea groups is 1. The molecule has 1 aliphatic carbocycles. The van der Waals surface area contributed by atoms with Crippen molar-refractivity contribution < 1.29 is 19.8 Å². The van der Waals surface area contributed by atoms with Gasteiger partial charge >= 0.3 is 12.0 Å². The number of carboxylic acid groups (broad SMARTS) is 1. The highest BCUT2D eigenvalue weighted by molar-refractivity contribution is 5.85. The Hall–Kier alpha value is -1.30. The van der Waals surface area contributed by atoms with Crippen LogP contribution < -0.4 is 5.32 Å². The smallest absolute Gasteiger partial charge is 0.329 e. The first kappa shape index (κ1) is 15.8. The maximum Gasteiger partial charge on any atom is 0.329 e. The maximum absolute atomic E-state index is 12.0. The second kappa shape index (κ2) is 6.23. The van der Waals surface area contributed by atoms with E-state index in [1.807, 2.05) is 6.92 Å². The molecule has 0 aromatic rings. The van der Waals surface area contributed by atoms with E-state index >= 15 is 0 Å². The summed E-state index contributed by atoms with van der Waals surface area (Å²) in [7, 11) is 1.65. The van der Waals surface area contributed by atoms with E-state index < -0.39 is 11.5 Å². The molecule has 110 valence electrons. The quantitative estimate of drug-likeness (QED) is 0.674. The van der Waals surface area contributed by atoms with Crippen molar-refractivity contribution in [2.24, 2.45) is 5.92 Å². The Morgan fingerprint density at radius 3 is 2.42 bits per heavy atom. The lowest BCUT2D eigenvalue weighted by Crippen LogP contribution is -2.56. The SMILES string of the molecule is CCCC(C)(NC(=O)N(C)CC1CC(O)C1)C(=O)O. The van der Waals surface area contributed by atoms with Crippen molar-refractivity contribution in [2.45, 2.75) is 51.2 Å². The molecule has 0 spiro atoms. The summed E-state index contributed by atoms with van der Waals surface area (Å²) in [4.78, 5) is 24.7. The Bertz CT molecular complexity index is 342. The second-order valence-electron chi connectivity index (χ2n) is 5.69. The summed E-state index contributed by atoms with van der Waals surface area (Å²) in [5, 5.41) is 21.0. The van der Waals surface area contributed by atoms with Gasteiger partial charge in [0.25, 0.3) is 0 Å². The zero-order valence-electron chi connectivity index (χ0n) is 11.8. The molecule has 1 rings (SSSR count). The molecule has 6 heteroatoms. The third-order valence-corrected chi connectivity index (χ3v) is 3.69. The van der Waals surface area contributed by atoms with Crippen LogP contribution in [0.25, 0.3) is 0 Å². The second-order valence-corrected chi connectivity index (χ2v) is 5.69. The van der Waals surface area contributed by atoms with Gasteiger partial charge in [0, 0.05) is 13.6 Å². The molecule has 0 aromatic heterocycles. The van der Waals surface area contributed by atoms with Crippen molar-refractivity contribution in [3.8, 4) is 0 Å². The van der Waals surface area contributed by atoms with Crippen LogP contribution in [0.5, 0.6) is 0 Å². The number of carboxylic acids is 1. The van der Waals surface area contributed by atoms with Gasteiger partial charge in [-0.05, 0) is 32.1 Å². The number of rotatable bonds is 6. The van der Waals surface area contributed by atoms with E-state index in [-0.39, 0.29) is 12.1 Å². The highest BCUT2D eigenvalue weighted by Gasteiger charge is 2.35. The van der Waals surface area contributed by atoms with Gasteiger partial charge in [-0.2, -0.15) is 0 Å². The predicted molar refractivity (Wildman–Crippen MR) is 70.8 cm³/mol. The van der Waals surface area contributed by atoms with Crippen molar-refractivity contribution in [1.82, 2.24) is 10.2 Å². The molecule has 6 nitrogen and oxygen atoms in total. The fourth-order valence-corrected chi connectivity index (χ4v) is 2.37. The highest BCUT2D eigenvalue weighted by atomic mass is 16.4. The molecular formula is C13H24N2O4. The monoisotopic (exact) mass is 272 g/mol. The summed E-state index contributed by atoms with van der Waals surface area (Å²) in [6.45, 7) is 3.95. The average molecular weight is 272 g/mol. The predicted octanol–water partition coefficient (Wildman–Crippen LogP) is 1.04. The number of nitrogens with zero attached hydrogens (tertiary/aromatic N) is 1. The van der Waals surface area contributed by atoms with E-state index in [0.29, 0.717) is 38.1 Å². The number of amides is 2. The van der Waals surface area contributed by atoms with Gasteiger partial charge in [0.2, 0.25) is 0 Å². The van der Waals surface area contributed by atoms with E-state index in [0.717, 1.165) is 0 Å². The molecule has 1 aliphatic rings. The van der Waals surface area contributed by atoms with Crippen LogP contribution in [-0.4, -0.2) is 52.3 Å². The van der Waals surface area contributed by atoms with Crippen LogP contribution in [0.2, 0.25) is 0 Å². The number of carbonyl (C=O) groups excluding carboxylic acids is 1. The Balaban J connectivity index is 2.49. The van der Waals surface area contributed by atoms with E-state index in [2.05, 4.69) is 5.32 Å². The molecule has 1 unspecified atom stereocenters. The molecule has 1 saturated carbocycles. The topological polar surface area (TPSA) is 89.9 Å². The lowest BCUT2D eigenvalue weighted by molar-refractivity contribution is -0.144. The first-order chi connectivity index (χ1) is 8.78. The van der Waals surface area contributed by atoms with Crippen LogP contribution in [0.3, 0.4) is 0 Å². The largest absolute Gasteiger partial charge is 0.480 e. The van der Waals surface area contributed by atoms with Crippen molar-refractivity contribution in [3.05, 3.63) is 0 Å². The van der Waals surface area contributed by atoms with Crippen LogP contribution in [0.1, 0.15) is 39.5 Å². The van der Waals surface area contributed by atoms with Gasteiger partial charge in [0.15, 0.2) is 0 Å². The Kier molecular flexibility index (Phi) is 5.17. The number of hydrogen-bond acceptors (Lipinski definition) is 3. The Morgan fingerprint density at radius 2 is 2.00 bits per heavy atom. The van der Waals surface area contributed by atoms with E-state index in [4.69, 9.17) is 0 Å². The maximum atomic E-state index is 12.0. The van der Waals surface area contributed by atoms with Crippen molar-refractivity contribution in [2.75, 3.05) is 13.6 Å². The zero-order valence-corrected chi connectivity index (χ0v) is 11.8. The molecule has 0 radical (unpaired) electrons. The summed E-state index contributed by atoms with van der Waals surface area (Å²) in [6, 6.07) is -0.375. The number of carbonyl (C=O) groups is 2. The minimum Gasteiger partial charge on any atom is -0.480 e. The van der Waals surface area contributed by atoms with Gasteiger partial charge in [0.1, 0.15) is 5.54 Å². The molecule has 0 aliphatic heterocycles. The zero-order chi connectivity index (χ0) is 14.6. The van der Waals surface area contributed by atoms with Gasteiger partial charge in [-0.15, -0.1) is 0 Å². The fourth-order valence-electron chi connectivity index (χ4n) is 2.37. The number of aliphatic carboxylic acids is 1. The van der Waals surface area contributed by atoms with Gasteiger partial charge in [-0.3, -0.25) is 0 Å². The summed E-state index contributed by atoms with van der Waals surface area (Å²) in [5.74, 6) is -0.705. The number of nitrogens with one attached hydrogen (secondary N) is 1. The molecule has 1 fully saturated rings. The minimum absolute atomic E-state index is 0.245. The van der Waals surface area contributed by atoms with E-state index in [1.165, 1.54) is 11.8 Å². The third-order valence-electron chi connectivity index (χ3n) is 3.69. The third kappa shape index (κ3) is 4.09. The number of hydrogen-bond donors (Lipinski definition) is 3. The standard InChI is InChI=1S/C13H24N2O4/c1-4-5-13(2,11(17)18)14-12(19)15(3)8-9-6-10(16)7-9/h9-10,16H,4-8H2,1-3H3,(H,14,19)(H,17,18). The molecule has 0 saturated heterocycles. The van der Waals surface area contributed by atoms with Crippen LogP contribution in [0.4, 0.5) is 4.79 Å². The minimum atomic E-state index is -1.22. The molecule has 2 amide bonds. The first-order valence-electron chi connectivity index (χ1n) is 6.73. The first-order valence-corrected chi connectivity index (χ1v) is 6.73. The van der Waals surface area contributed by atoms with Gasteiger partial charge in [-0.25, -0.2) is 9.59 Å². The van der Waals surface area contributed by atoms with Gasteiger partial charge in [-0.1, -0.05) is 13.3 Å². The van der Waals surface area contributed by atoms with Crippen LogP contribution >= 0.6 is 0 Å². The molecule has 0 aromatic carbocycles. The van der Waals surface area contributed by atoms with Gasteiger partial charge < -0.3 is 20.4 Å². The van der Waals surface area contributed by atoms with Crippen LogP contribution in [0.15, 0.2) is 0 Å². The highest BCUT2D eigenvalue weighted by Crippen LogP contribution is 2.27. The molecule has 19 heavy (non-hydrogen) atoms. The Labute approximate surface area is 113 Å². The fraction of sp³-hybridized carbons (Fsp3) is 0.846. The average Bonchev–Trinajstić information content (AvgIpc) is 2.26. The normalized spacial score (nSPS) is 25.1. The Morgan fingerprint density at radius 1 is 1.42 bits per heavy atom. The molecule has 0 bridgehead atoms. The summed E-state index contributed by atoms with van der Waals surface area (Å²) in [5.41, 5.74) is -1.22. The molecule has 1 atom stereocenters. The van der Waals surface area contributed by atoms with E-state index in [1.54, 1.807) is 7.05 Å². The van der Waals surface area contributed by atoms with Gasteiger partial charge in [0.05, 0.1) is 6.10 Å². The number of aliphatic hydroxyl groups excluding tert-OH is 1. The lowest BCUT2D eigenvalue weighted by atomic mass is 9.82. The van der Waals surface area contributed by atoms with Crippen LogP contribution in [-0.2, 0) is 4.79 Å².